The van der Waals surface area contributed by atoms with E-state index < -0.39 is 247 Å². The Bertz CT molecular complexity index is 4860. The van der Waals surface area contributed by atoms with E-state index in [2.05, 4.69) is 10.1 Å². The largest absolute Gasteiger partial charge is 0.391 e. The first-order chi connectivity index (χ1) is 52.4. The van der Waals surface area contributed by atoms with Gasteiger partial charge < -0.3 is 74.7 Å². The summed E-state index contributed by atoms with van der Waals surface area (Å²) < 4.78 is 179. The number of aromatic nitrogens is 12. The van der Waals surface area contributed by atoms with Gasteiger partial charge in [-0.05, 0) is 41.5 Å². The van der Waals surface area contributed by atoms with E-state index in [9.17, 15) is 125 Å². The van der Waals surface area contributed by atoms with Crippen LogP contribution in [-0.4, -0.2) is 262 Å². The number of nitrogens with one attached hydrogen (secondary N) is 5. The molecule has 0 aliphatic carbocycles. The van der Waals surface area contributed by atoms with Crippen molar-refractivity contribution in [3.63, 3.8) is 0 Å². The molecule has 48 heteroatoms. The molecule has 5 aromatic rings. The van der Waals surface area contributed by atoms with Gasteiger partial charge in [0.15, 0.2) is 24.9 Å². The van der Waals surface area contributed by atoms with E-state index in [0.29, 0.717) is 37.1 Å². The zero-order valence-corrected chi connectivity index (χ0v) is 58.4. The van der Waals surface area contributed by atoms with Crippen LogP contribution in [0, 0.1) is 71.9 Å². The molecule has 612 valence electrons. The van der Waals surface area contributed by atoms with Gasteiger partial charge in [-0.25, -0.2) is 72.7 Å². The lowest BCUT2D eigenvalue weighted by atomic mass is 9.94. The van der Waals surface area contributed by atoms with E-state index in [1.807, 2.05) is 62.3 Å². The molecule has 0 amide bonds. The molecule has 25 atom stereocenters. The van der Waals surface area contributed by atoms with Crippen molar-refractivity contribution in [2.75, 3.05) is 33.4 Å². The number of ether oxygens (including phenoxy) is 5. The Morgan fingerprint density at radius 1 is 0.446 bits per heavy atom. The number of aliphatic hydroxyl groups is 10. The van der Waals surface area contributed by atoms with Crippen LogP contribution < -0.4 is 56.4 Å². The van der Waals surface area contributed by atoms with E-state index in [-0.39, 0.29) is 5.69 Å². The van der Waals surface area contributed by atoms with Gasteiger partial charge in [0.25, 0.3) is 22.2 Å². The second-order valence-electron chi connectivity index (χ2n) is 24.6. The number of hydrogen-bond donors (Lipinski definition) is 15. The molecule has 0 radical (unpaired) electrons. The Labute approximate surface area is 617 Å². The first-order valence-electron chi connectivity index (χ1n) is 32.2. The molecule has 5 fully saturated rings. The van der Waals surface area contributed by atoms with Gasteiger partial charge in [0.2, 0.25) is 40.4 Å². The van der Waals surface area contributed by atoms with Crippen LogP contribution in [-0.2, 0) is 23.7 Å². The Hall–Kier alpha value is -10.3. The fraction of sp³-hybridized carbons (Fsp3) is 0.562. The molecule has 0 spiro atoms. The molecular weight excluding hydrogens is 1550 g/mol. The maximum absolute atomic E-state index is 15.2. The topological polar surface area (TPSA) is 549 Å². The quantitative estimate of drug-likeness (QED) is 0.0457. The number of aromatic amines is 5. The van der Waals surface area contributed by atoms with Crippen LogP contribution in [0.4, 0.5) is 48.3 Å². The van der Waals surface area contributed by atoms with Crippen molar-refractivity contribution in [1.29, 1.82) is 0 Å². The summed E-state index contributed by atoms with van der Waals surface area (Å²) in [5, 5.41) is 101. The lowest BCUT2D eigenvalue weighted by Gasteiger charge is -2.25. The van der Waals surface area contributed by atoms with Gasteiger partial charge >= 0.3 is 34.1 Å². The first kappa shape index (κ1) is 90.6. The fourth-order valence-electron chi connectivity index (χ4n) is 11.4. The average Bonchev–Trinajstić information content (AvgIpc) is 1.65. The van der Waals surface area contributed by atoms with Crippen molar-refractivity contribution in [1.82, 2.24) is 58.0 Å². The summed E-state index contributed by atoms with van der Waals surface area (Å²) in [6.07, 6.45) is -29.6. The van der Waals surface area contributed by atoms with Crippen LogP contribution in [0.25, 0.3) is 0 Å². The molecule has 0 saturated carbocycles. The summed E-state index contributed by atoms with van der Waals surface area (Å²) in [5.74, 6) is 17.1. The molecule has 5 aliphatic rings. The van der Waals surface area contributed by atoms with Crippen LogP contribution in [0.3, 0.4) is 0 Å². The van der Waals surface area contributed by atoms with Crippen LogP contribution in [0.2, 0.25) is 0 Å². The average molecular weight is 1620 g/mol. The minimum atomic E-state index is -3.00. The number of halogens is 11. The first-order valence-corrected chi connectivity index (χ1v) is 32.2. The zero-order valence-electron chi connectivity index (χ0n) is 58.4. The molecule has 0 bridgehead atoms. The van der Waals surface area contributed by atoms with Crippen molar-refractivity contribution in [3.05, 3.63) is 153 Å². The molecular formula is C64H69F11N12O25. The Morgan fingerprint density at radius 2 is 0.777 bits per heavy atom. The molecule has 5 saturated heterocycles. The third kappa shape index (κ3) is 19.1. The second-order valence-corrected chi connectivity index (χ2v) is 24.6. The van der Waals surface area contributed by atoms with Gasteiger partial charge in [-0.2, -0.15) is 19.2 Å². The second kappa shape index (κ2) is 37.3. The van der Waals surface area contributed by atoms with E-state index in [1.54, 1.807) is 21.8 Å². The van der Waals surface area contributed by atoms with E-state index in [0.717, 1.165) is 22.9 Å². The zero-order chi connectivity index (χ0) is 84.2. The maximum Gasteiger partial charge on any atom is 0.350 e. The summed E-state index contributed by atoms with van der Waals surface area (Å²) >= 11 is 0. The monoisotopic (exact) mass is 1610 g/mol. The predicted molar refractivity (Wildman–Crippen MR) is 353 cm³/mol. The molecule has 15 N–H and O–H groups in total. The van der Waals surface area contributed by atoms with Crippen LogP contribution >= 0.6 is 0 Å². The Balaban J connectivity index is 0.000000218. The normalized spacial score (nSPS) is 32.0. The number of hydrogen-bond acceptors (Lipinski definition) is 27. The number of rotatable bonds is 10. The van der Waals surface area contributed by atoms with Crippen LogP contribution in [0.1, 0.15) is 71.5 Å². The van der Waals surface area contributed by atoms with Gasteiger partial charge in [-0.3, -0.25) is 62.4 Å². The number of alkyl halides is 10. The van der Waals surface area contributed by atoms with Crippen molar-refractivity contribution in [2.45, 2.75) is 193 Å². The Kier molecular flexibility index (Phi) is 30.2. The van der Waals surface area contributed by atoms with E-state index >= 15 is 22.0 Å². The van der Waals surface area contributed by atoms with Gasteiger partial charge in [0.05, 0.1) is 36.7 Å². The lowest BCUT2D eigenvalue weighted by molar-refractivity contribution is -0.0850. The molecule has 5 aromatic heterocycles. The van der Waals surface area contributed by atoms with Crippen molar-refractivity contribution in [3.8, 4) is 59.2 Å². The molecule has 0 aromatic carbocycles. The van der Waals surface area contributed by atoms with E-state index in [4.69, 9.17) is 23.7 Å². The molecule has 10 heterocycles. The van der Waals surface area contributed by atoms with Crippen molar-refractivity contribution < 1.29 is 123 Å². The molecule has 5 aliphatic heterocycles. The van der Waals surface area contributed by atoms with E-state index in [1.165, 1.54) is 41.5 Å². The highest BCUT2D eigenvalue weighted by molar-refractivity contribution is 5.28. The maximum atomic E-state index is 15.2. The highest BCUT2D eigenvalue weighted by atomic mass is 19.2. The molecule has 112 heavy (non-hydrogen) atoms. The molecule has 10 rings (SSSR count). The Morgan fingerprint density at radius 3 is 1.14 bits per heavy atom. The SMILES string of the molecule is C[C@@H](O)[C@H]1O[C@@H](n2cc(F)c(=O)[nH]c2=O)C(F)(C#CCF)[C@H]1O.C[C@@H](O)[C@H]1O[C@@H](n2ccc(=O)[nH]c2=O)C(F)(C#CCF)[C@H]1O.C[C@@H](O)[C@H]1O[C@@H](n2cnc(=O)[nH]c2=O)C(F)(C#CCF)[C@H]1O.C[C@@H](O)[C@H]1O[C@@H](n2ncc(=O)[nH]c2=O)C(F)(C#CCF)[C@H]1O.Cc1cc(=O)[nH]c(=O)n1[C@@H]1O[C@H]([C@@H](C)O)[C@H](O)C1(F)C#CCF. The lowest BCUT2D eigenvalue weighted by Crippen LogP contribution is -2.46. The summed E-state index contributed by atoms with van der Waals surface area (Å²) in [6, 6.07) is 1.99. The predicted octanol–water partition coefficient (Wildman–Crippen LogP) is -6.48. The summed E-state index contributed by atoms with van der Waals surface area (Å²) in [5.41, 5.74) is -24.1. The van der Waals surface area contributed by atoms with Crippen molar-refractivity contribution >= 4 is 0 Å². The molecule has 37 nitrogen and oxygen atoms in total. The highest BCUT2D eigenvalue weighted by Gasteiger charge is 2.64. The van der Waals surface area contributed by atoms with Crippen molar-refractivity contribution in [2.24, 2.45) is 0 Å². The summed E-state index contributed by atoms with van der Waals surface area (Å²) in [4.78, 5) is 127. The van der Waals surface area contributed by atoms with Gasteiger partial charge in [0, 0.05) is 24.0 Å². The standard InChI is InChI=1S/C14H16F2N2O5.C13H13F3N2O5.C13H14F2N2O5.2C12H13F2N3O5/c1-7-6-9(20)17-13(22)18(7)12-14(16,4-3-5-15)11(21)10(23-12)8(2)19;1-6(19)8-9(20)13(16,3-2-4-14)11(23-8)18-5-7(15)10(21)17-12(18)22;1-7(18)9-10(20)13(15,4-2-5-14)11(22-9)17-6-3-8(19)16-12(17)21;1-6(18)7-8(19)12(14,3-2-4-13)9(22-7)17-5-15-10(20)16-11(17)21;1-6(18)8-9(20)12(14,3-2-4-13)10(22-8)17-11(21)16-7(19)5-15-17/h6,8,10-12,19,21H,5H2,1-2H3,(H,17,20,22);5-6,8-9,11,19-20H,4H2,1H3,(H,17,21,22);3,6-7,9-11,18,20H,5H2,1H3,(H,16,19,21);5-9,18-19H,4H2,1H3,(H,16,20,21);5-6,8-10,18,20H,4H2,1H3,(H,16,19,21)/t8-,10-,11+,12-,14?;6-,8-,9+,11-,13?;7-,9-,10+,11-,13?;6-,7-,8+,9-,12?;6-,8-,9+,10-,12?/m11111/s1. The fourth-order valence-corrected chi connectivity index (χ4v) is 11.4. The van der Waals surface area contributed by atoms with Gasteiger partial charge in [-0.1, -0.05) is 59.2 Å². The smallest absolute Gasteiger partial charge is 0.350 e. The van der Waals surface area contributed by atoms with Gasteiger partial charge in [0.1, 0.15) is 107 Å². The highest BCUT2D eigenvalue weighted by Crippen LogP contribution is 2.46. The number of H-pyrrole nitrogens is 5. The minimum Gasteiger partial charge on any atom is -0.391 e. The number of aliphatic hydroxyl groups excluding tert-OH is 10. The van der Waals surface area contributed by atoms with Crippen LogP contribution in [0.5, 0.6) is 0 Å². The summed E-state index contributed by atoms with van der Waals surface area (Å²) in [7, 11) is 0. The number of nitrogens with zero attached hydrogens (tertiary/aromatic N) is 7. The number of aryl methyl sites for hydroxylation is 1. The third-order valence-electron chi connectivity index (χ3n) is 16.7. The minimum absolute atomic E-state index is 0.0614. The molecule has 5 unspecified atom stereocenters. The van der Waals surface area contributed by atoms with Crippen LogP contribution in [0.15, 0.2) is 85.0 Å². The van der Waals surface area contributed by atoms with Gasteiger partial charge in [-0.15, -0.1) is 0 Å². The third-order valence-corrected chi connectivity index (χ3v) is 16.7. The summed E-state index contributed by atoms with van der Waals surface area (Å²) in [6.45, 7) is 1.64.